The minimum absolute atomic E-state index is 0.0102. The maximum Gasteiger partial charge on any atom is 0.337 e. The van der Waals surface area contributed by atoms with Crippen molar-refractivity contribution < 1.29 is 14.7 Å². The van der Waals surface area contributed by atoms with Crippen molar-refractivity contribution in [3.8, 4) is 11.8 Å². The highest BCUT2D eigenvalue weighted by molar-refractivity contribution is 6.34. The molecule has 0 spiro atoms. The second-order valence-electron chi connectivity index (χ2n) is 6.73. The van der Waals surface area contributed by atoms with E-state index in [1.54, 1.807) is 36.4 Å². The zero-order valence-corrected chi connectivity index (χ0v) is 18.1. The van der Waals surface area contributed by atoms with E-state index in [4.69, 9.17) is 28.3 Å². The van der Waals surface area contributed by atoms with Crippen LogP contribution in [-0.2, 0) is 4.79 Å². The standard InChI is InChI=1S/C23H17Cl2N3O3/c1-13-9-15(10-16(12-26)22(29)27-21-6-4-3-5-19(21)24)14(2)28(13)17-7-8-18(23(30)31)20(25)11-17/h3-11H,1-2H3,(H,27,29)(H,30,31)/b16-10-. The maximum absolute atomic E-state index is 12.6. The monoisotopic (exact) mass is 453 g/mol. The number of anilines is 1. The van der Waals surface area contributed by atoms with Gasteiger partial charge in [0, 0.05) is 17.1 Å². The quantitative estimate of drug-likeness (QED) is 0.385. The fourth-order valence-electron chi connectivity index (χ4n) is 3.20. The fourth-order valence-corrected chi connectivity index (χ4v) is 3.64. The molecule has 0 atom stereocenters. The molecule has 1 amide bonds. The van der Waals surface area contributed by atoms with E-state index in [1.807, 2.05) is 30.6 Å². The number of carboxylic acids is 1. The third kappa shape index (κ3) is 4.64. The van der Waals surface area contributed by atoms with Crippen LogP contribution in [0.1, 0.15) is 27.3 Å². The van der Waals surface area contributed by atoms with E-state index < -0.39 is 11.9 Å². The van der Waals surface area contributed by atoms with Crippen LogP contribution in [0.25, 0.3) is 11.8 Å². The SMILES string of the molecule is Cc1cc(/C=C(/C#N)C(=O)Nc2ccccc2Cl)c(C)n1-c1ccc(C(=O)O)c(Cl)c1. The van der Waals surface area contributed by atoms with Crippen molar-refractivity contribution in [3.63, 3.8) is 0 Å². The highest BCUT2D eigenvalue weighted by Crippen LogP contribution is 2.27. The van der Waals surface area contributed by atoms with Crippen LogP contribution in [0.15, 0.2) is 54.1 Å². The lowest BCUT2D eigenvalue weighted by atomic mass is 10.1. The topological polar surface area (TPSA) is 95.1 Å². The molecule has 0 saturated heterocycles. The molecule has 6 nitrogen and oxygen atoms in total. The van der Waals surface area contributed by atoms with Gasteiger partial charge in [-0.05, 0) is 61.9 Å². The van der Waals surface area contributed by atoms with Crippen LogP contribution in [0.5, 0.6) is 0 Å². The number of hydrogen-bond acceptors (Lipinski definition) is 3. The predicted molar refractivity (Wildman–Crippen MR) is 121 cm³/mol. The van der Waals surface area contributed by atoms with Crippen molar-refractivity contribution >= 4 is 46.8 Å². The normalized spacial score (nSPS) is 11.1. The molecule has 8 heteroatoms. The number of carbonyl (C=O) groups is 2. The van der Waals surface area contributed by atoms with Crippen molar-refractivity contribution in [1.29, 1.82) is 5.26 Å². The van der Waals surface area contributed by atoms with E-state index in [-0.39, 0.29) is 16.2 Å². The lowest BCUT2D eigenvalue weighted by molar-refractivity contribution is -0.112. The smallest absolute Gasteiger partial charge is 0.337 e. The van der Waals surface area contributed by atoms with E-state index in [2.05, 4.69) is 5.32 Å². The molecule has 3 rings (SSSR count). The van der Waals surface area contributed by atoms with Crippen LogP contribution in [0.4, 0.5) is 5.69 Å². The first kappa shape index (κ1) is 22.2. The van der Waals surface area contributed by atoms with Crippen LogP contribution in [0, 0.1) is 25.2 Å². The number of aromatic carboxylic acids is 1. The summed E-state index contributed by atoms with van der Waals surface area (Å²) in [4.78, 5) is 23.8. The summed E-state index contributed by atoms with van der Waals surface area (Å²) in [6.45, 7) is 3.69. The van der Waals surface area contributed by atoms with Gasteiger partial charge in [-0.1, -0.05) is 35.3 Å². The van der Waals surface area contributed by atoms with Gasteiger partial charge in [0.1, 0.15) is 11.6 Å². The fraction of sp³-hybridized carbons (Fsp3) is 0.0870. The second-order valence-corrected chi connectivity index (χ2v) is 7.55. The Labute approximate surface area is 188 Å². The Morgan fingerprint density at radius 3 is 2.42 bits per heavy atom. The number of aryl methyl sites for hydroxylation is 1. The third-order valence-corrected chi connectivity index (χ3v) is 5.34. The molecule has 3 aromatic rings. The molecule has 0 aliphatic rings. The lowest BCUT2D eigenvalue weighted by Crippen LogP contribution is -2.13. The summed E-state index contributed by atoms with van der Waals surface area (Å²) in [5.74, 6) is -1.68. The zero-order valence-electron chi connectivity index (χ0n) is 16.6. The molecule has 2 aromatic carbocycles. The molecule has 31 heavy (non-hydrogen) atoms. The molecule has 2 N–H and O–H groups in total. The van der Waals surface area contributed by atoms with Crippen LogP contribution in [-0.4, -0.2) is 21.6 Å². The van der Waals surface area contributed by atoms with Gasteiger partial charge in [-0.15, -0.1) is 0 Å². The molecule has 0 unspecified atom stereocenters. The van der Waals surface area contributed by atoms with Crippen molar-refractivity contribution in [2.75, 3.05) is 5.32 Å². The molecule has 0 aliphatic heterocycles. The number of rotatable bonds is 5. The molecule has 156 valence electrons. The Morgan fingerprint density at radius 2 is 1.81 bits per heavy atom. The zero-order chi connectivity index (χ0) is 22.7. The second kappa shape index (κ2) is 9.09. The summed E-state index contributed by atoms with van der Waals surface area (Å²) in [7, 11) is 0. The first-order valence-corrected chi connectivity index (χ1v) is 9.88. The molecule has 0 radical (unpaired) electrons. The molecule has 0 fully saturated rings. The van der Waals surface area contributed by atoms with E-state index in [0.29, 0.717) is 22.0 Å². The Bertz CT molecular complexity index is 1270. The Hall–Kier alpha value is -3.53. The Kier molecular flexibility index (Phi) is 6.50. The summed E-state index contributed by atoms with van der Waals surface area (Å²) in [6, 6.07) is 15.2. The summed E-state index contributed by atoms with van der Waals surface area (Å²) >= 11 is 12.2. The number of nitriles is 1. The molecular weight excluding hydrogens is 437 g/mol. The minimum atomic E-state index is -1.11. The first-order valence-electron chi connectivity index (χ1n) is 9.12. The summed E-state index contributed by atoms with van der Waals surface area (Å²) < 4.78 is 1.87. The van der Waals surface area contributed by atoms with Crippen molar-refractivity contribution in [1.82, 2.24) is 4.57 Å². The van der Waals surface area contributed by atoms with Gasteiger partial charge in [0.25, 0.3) is 5.91 Å². The van der Waals surface area contributed by atoms with Gasteiger partial charge in [0.2, 0.25) is 0 Å². The largest absolute Gasteiger partial charge is 0.478 e. The van der Waals surface area contributed by atoms with Crippen LogP contribution < -0.4 is 5.32 Å². The van der Waals surface area contributed by atoms with Gasteiger partial charge in [-0.25, -0.2) is 4.79 Å². The van der Waals surface area contributed by atoms with E-state index in [1.165, 1.54) is 12.1 Å². The predicted octanol–water partition coefficient (Wildman–Crippen LogP) is 5.64. The number of hydrogen-bond donors (Lipinski definition) is 2. The highest BCUT2D eigenvalue weighted by atomic mass is 35.5. The number of benzene rings is 2. The average Bonchev–Trinajstić information content (AvgIpc) is 3.00. The highest BCUT2D eigenvalue weighted by Gasteiger charge is 2.16. The molecule has 1 aromatic heterocycles. The summed E-state index contributed by atoms with van der Waals surface area (Å²) in [6.07, 6.45) is 1.50. The first-order chi connectivity index (χ1) is 14.7. The van der Waals surface area contributed by atoms with Gasteiger partial charge in [0.15, 0.2) is 0 Å². The number of amides is 1. The minimum Gasteiger partial charge on any atom is -0.478 e. The average molecular weight is 454 g/mol. The van der Waals surface area contributed by atoms with Crippen LogP contribution >= 0.6 is 23.2 Å². The number of aromatic nitrogens is 1. The van der Waals surface area contributed by atoms with Gasteiger partial charge in [-0.3, -0.25) is 4.79 Å². The number of nitrogens with one attached hydrogen (secondary N) is 1. The summed E-state index contributed by atoms with van der Waals surface area (Å²) in [5.41, 5.74) is 3.26. The van der Waals surface area contributed by atoms with Crippen molar-refractivity contribution in [3.05, 3.63) is 86.7 Å². The third-order valence-electron chi connectivity index (χ3n) is 4.70. The molecule has 0 aliphatic carbocycles. The van der Waals surface area contributed by atoms with Crippen LogP contribution in [0.2, 0.25) is 10.0 Å². The lowest BCUT2D eigenvalue weighted by Gasteiger charge is -2.11. The number of para-hydroxylation sites is 1. The Morgan fingerprint density at radius 1 is 1.10 bits per heavy atom. The van der Waals surface area contributed by atoms with E-state index in [9.17, 15) is 14.9 Å². The summed E-state index contributed by atoms with van der Waals surface area (Å²) in [5, 5.41) is 21.8. The number of carboxylic acid groups (broad SMARTS) is 1. The molecule has 0 saturated carbocycles. The van der Waals surface area contributed by atoms with Gasteiger partial charge >= 0.3 is 5.97 Å². The number of halogens is 2. The van der Waals surface area contributed by atoms with Gasteiger partial charge < -0.3 is 15.0 Å². The number of nitrogens with zero attached hydrogens (tertiary/aromatic N) is 2. The van der Waals surface area contributed by atoms with E-state index >= 15 is 0 Å². The van der Waals surface area contributed by atoms with Crippen molar-refractivity contribution in [2.45, 2.75) is 13.8 Å². The van der Waals surface area contributed by atoms with Crippen molar-refractivity contribution in [2.24, 2.45) is 0 Å². The van der Waals surface area contributed by atoms with Gasteiger partial charge in [-0.2, -0.15) is 5.26 Å². The number of carbonyl (C=O) groups excluding carboxylic acids is 1. The maximum atomic E-state index is 12.6. The molecule has 1 heterocycles. The Balaban J connectivity index is 1.97. The van der Waals surface area contributed by atoms with Crippen LogP contribution in [0.3, 0.4) is 0 Å². The van der Waals surface area contributed by atoms with Gasteiger partial charge in [0.05, 0.1) is 21.3 Å². The molecular formula is C23H17Cl2N3O3. The van der Waals surface area contributed by atoms with E-state index in [0.717, 1.165) is 11.4 Å². The molecule has 0 bridgehead atoms.